The third kappa shape index (κ3) is 3.23. The fourth-order valence-electron chi connectivity index (χ4n) is 4.13. The van der Waals surface area contributed by atoms with Gasteiger partial charge in [-0.1, -0.05) is 20.4 Å². The number of hydrogen-bond donors (Lipinski definition) is 1. The summed E-state index contributed by atoms with van der Waals surface area (Å²) in [6.45, 7) is 12.0. The molecule has 0 spiro atoms. The van der Waals surface area contributed by atoms with Gasteiger partial charge in [0.05, 0.1) is 11.2 Å². The van der Waals surface area contributed by atoms with Crippen molar-refractivity contribution in [1.29, 1.82) is 0 Å². The number of nitrogens with zero attached hydrogens (tertiary/aromatic N) is 3. The average molecular weight is 410 g/mol. The van der Waals surface area contributed by atoms with Crippen LogP contribution in [-0.2, 0) is 18.8 Å². The number of rotatable bonds is 5. The number of halogens is 4. The molecule has 4 nitrogen and oxygen atoms in total. The largest absolute Gasteiger partial charge is 0.360 e. The first-order valence-corrected chi connectivity index (χ1v) is 9.55. The predicted octanol–water partition coefficient (Wildman–Crippen LogP) is 4.58. The predicted molar refractivity (Wildman–Crippen MR) is 104 cm³/mol. The van der Waals surface area contributed by atoms with Crippen LogP contribution in [0, 0.1) is 17.5 Å². The highest BCUT2D eigenvalue weighted by Gasteiger charge is 2.40. The molecule has 1 aliphatic heterocycles. The second-order valence-corrected chi connectivity index (χ2v) is 8.12. The Labute approximate surface area is 168 Å². The quantitative estimate of drug-likeness (QED) is 0.580. The van der Waals surface area contributed by atoms with Crippen LogP contribution in [0.3, 0.4) is 0 Å². The zero-order chi connectivity index (χ0) is 21.7. The second-order valence-electron chi connectivity index (χ2n) is 8.12. The van der Waals surface area contributed by atoms with Gasteiger partial charge in [0.1, 0.15) is 12.5 Å². The molecular weight excluding hydrogens is 384 g/mol. The summed E-state index contributed by atoms with van der Waals surface area (Å²) in [6, 6.07) is 1.01. The number of hydrogen-bond acceptors (Lipinski definition) is 3. The molecule has 1 aliphatic rings. The Morgan fingerprint density at radius 1 is 1.21 bits per heavy atom. The highest BCUT2D eigenvalue weighted by molar-refractivity contribution is 5.66. The molecule has 0 saturated carbocycles. The lowest BCUT2D eigenvalue weighted by molar-refractivity contribution is 0.116. The van der Waals surface area contributed by atoms with E-state index in [-0.39, 0.29) is 23.7 Å². The molecule has 8 heteroatoms. The highest BCUT2D eigenvalue weighted by atomic mass is 19.2. The lowest BCUT2D eigenvalue weighted by atomic mass is 9.97. The molecule has 2 N–H and O–H groups in total. The molecule has 0 radical (unpaired) electrons. The maximum absolute atomic E-state index is 14.7. The van der Waals surface area contributed by atoms with Crippen LogP contribution >= 0.6 is 0 Å². The van der Waals surface area contributed by atoms with Crippen LogP contribution < -0.4 is 5.73 Å². The minimum absolute atomic E-state index is 0.0762. The maximum atomic E-state index is 14.7. The number of alkyl halides is 1. The second kappa shape index (κ2) is 7.48. The van der Waals surface area contributed by atoms with Gasteiger partial charge in [0.15, 0.2) is 17.5 Å². The first-order valence-electron chi connectivity index (χ1n) is 9.55. The summed E-state index contributed by atoms with van der Waals surface area (Å²) in [6.07, 6.45) is 0. The smallest absolute Gasteiger partial charge is 0.195 e. The SMILES string of the molecule is C=C(CN)N1CCn2c(nc(-c3cc(CF)c(F)c(F)c3F)c2C(C)C)C1(C)C. The topological polar surface area (TPSA) is 47.1 Å². The van der Waals surface area contributed by atoms with E-state index in [0.29, 0.717) is 24.6 Å². The van der Waals surface area contributed by atoms with Gasteiger partial charge in [0.25, 0.3) is 0 Å². The van der Waals surface area contributed by atoms with Gasteiger partial charge in [-0.15, -0.1) is 0 Å². The summed E-state index contributed by atoms with van der Waals surface area (Å²) >= 11 is 0. The summed E-state index contributed by atoms with van der Waals surface area (Å²) in [4.78, 5) is 6.70. The van der Waals surface area contributed by atoms with E-state index < -0.39 is 35.2 Å². The Balaban J connectivity index is 2.28. The molecule has 1 aromatic heterocycles. The zero-order valence-corrected chi connectivity index (χ0v) is 17.1. The van der Waals surface area contributed by atoms with E-state index in [0.717, 1.165) is 11.8 Å². The van der Waals surface area contributed by atoms with Crippen LogP contribution in [0.15, 0.2) is 18.3 Å². The fourth-order valence-corrected chi connectivity index (χ4v) is 4.13. The van der Waals surface area contributed by atoms with Gasteiger partial charge in [-0.05, 0) is 25.8 Å². The summed E-state index contributed by atoms with van der Waals surface area (Å²) < 4.78 is 57.8. The summed E-state index contributed by atoms with van der Waals surface area (Å²) in [7, 11) is 0. The van der Waals surface area contributed by atoms with Gasteiger partial charge in [-0.25, -0.2) is 22.5 Å². The molecule has 0 saturated heterocycles. The first-order chi connectivity index (χ1) is 13.6. The summed E-state index contributed by atoms with van der Waals surface area (Å²) in [5, 5.41) is 0. The lowest BCUT2D eigenvalue weighted by Crippen LogP contribution is -2.49. The fraction of sp³-hybridized carbons (Fsp3) is 0.476. The molecule has 0 bridgehead atoms. The number of imidazole rings is 1. The van der Waals surface area contributed by atoms with Crippen LogP contribution in [0.25, 0.3) is 11.3 Å². The summed E-state index contributed by atoms with van der Waals surface area (Å²) in [5.41, 5.74) is 6.05. The summed E-state index contributed by atoms with van der Waals surface area (Å²) in [5.74, 6) is -3.99. The normalized spacial score (nSPS) is 15.7. The van der Waals surface area contributed by atoms with E-state index in [1.165, 1.54) is 0 Å². The van der Waals surface area contributed by atoms with Gasteiger partial charge in [0, 0.05) is 42.2 Å². The number of nitrogens with two attached hydrogens (primary N) is 1. The Bertz CT molecular complexity index is 962. The van der Waals surface area contributed by atoms with Crippen LogP contribution in [0.1, 0.15) is 50.7 Å². The van der Waals surface area contributed by atoms with Crippen molar-refractivity contribution >= 4 is 0 Å². The van der Waals surface area contributed by atoms with E-state index in [1.807, 2.05) is 37.2 Å². The minimum atomic E-state index is -1.69. The molecule has 0 amide bonds. The van der Waals surface area contributed by atoms with Crippen LogP contribution in [-0.4, -0.2) is 27.5 Å². The third-order valence-corrected chi connectivity index (χ3v) is 5.56. The average Bonchev–Trinajstić information content (AvgIpc) is 3.07. The van der Waals surface area contributed by atoms with Crippen LogP contribution in [0.4, 0.5) is 17.6 Å². The van der Waals surface area contributed by atoms with Crippen molar-refractivity contribution in [3.63, 3.8) is 0 Å². The van der Waals surface area contributed by atoms with Crippen molar-refractivity contribution in [2.24, 2.45) is 5.73 Å². The molecular formula is C21H26F4N4. The van der Waals surface area contributed by atoms with Gasteiger partial charge in [0.2, 0.25) is 0 Å². The standard InChI is InChI=1S/C21H26F4N4/c1-11(2)19-18(14-8-13(9-22)15(23)17(25)16(14)24)27-20-21(4,5)29(12(3)10-26)7-6-28(19)20/h8,11H,3,6-7,9-10,26H2,1-2,4-5H3. The Kier molecular flexibility index (Phi) is 5.51. The molecule has 2 aromatic rings. The van der Waals surface area contributed by atoms with Crippen LogP contribution in [0.5, 0.6) is 0 Å². The van der Waals surface area contributed by atoms with Gasteiger partial charge >= 0.3 is 0 Å². The zero-order valence-electron chi connectivity index (χ0n) is 17.1. The highest BCUT2D eigenvalue weighted by Crippen LogP contribution is 2.41. The molecule has 3 rings (SSSR count). The molecule has 0 atom stereocenters. The first kappa shape index (κ1) is 21.4. The van der Waals surface area contributed by atoms with Gasteiger partial charge < -0.3 is 15.2 Å². The van der Waals surface area contributed by atoms with Crippen molar-refractivity contribution in [2.75, 3.05) is 13.1 Å². The Morgan fingerprint density at radius 2 is 1.86 bits per heavy atom. The van der Waals surface area contributed by atoms with E-state index in [4.69, 9.17) is 5.73 Å². The Hall–Kier alpha value is -2.35. The van der Waals surface area contributed by atoms with Crippen molar-refractivity contribution in [3.8, 4) is 11.3 Å². The van der Waals surface area contributed by atoms with Crippen molar-refractivity contribution in [1.82, 2.24) is 14.5 Å². The Morgan fingerprint density at radius 3 is 2.41 bits per heavy atom. The molecule has 0 aliphatic carbocycles. The van der Waals surface area contributed by atoms with Crippen molar-refractivity contribution in [2.45, 2.75) is 52.4 Å². The maximum Gasteiger partial charge on any atom is 0.195 e. The third-order valence-electron chi connectivity index (χ3n) is 5.56. The number of benzene rings is 1. The van der Waals surface area contributed by atoms with Gasteiger partial charge in [-0.3, -0.25) is 0 Å². The van der Waals surface area contributed by atoms with E-state index in [9.17, 15) is 17.6 Å². The molecule has 29 heavy (non-hydrogen) atoms. The number of aromatic nitrogens is 2. The van der Waals surface area contributed by atoms with Crippen molar-refractivity contribution in [3.05, 3.63) is 52.9 Å². The minimum Gasteiger partial charge on any atom is -0.360 e. The monoisotopic (exact) mass is 410 g/mol. The van der Waals surface area contributed by atoms with Gasteiger partial charge in [-0.2, -0.15) is 0 Å². The molecule has 2 heterocycles. The molecule has 0 fully saturated rings. The lowest BCUT2D eigenvalue weighted by Gasteiger charge is -2.45. The molecule has 1 aromatic carbocycles. The van der Waals surface area contributed by atoms with E-state index in [1.54, 1.807) is 0 Å². The van der Waals surface area contributed by atoms with Crippen molar-refractivity contribution < 1.29 is 17.6 Å². The van der Waals surface area contributed by atoms with E-state index >= 15 is 0 Å². The van der Waals surface area contributed by atoms with Crippen LogP contribution in [0.2, 0.25) is 0 Å². The van der Waals surface area contributed by atoms with E-state index in [2.05, 4.69) is 11.6 Å². The number of fused-ring (bicyclic) bond motifs is 1. The molecule has 0 unspecified atom stereocenters. The molecule has 158 valence electrons.